The summed E-state index contributed by atoms with van der Waals surface area (Å²) >= 11 is 0. The lowest BCUT2D eigenvalue weighted by Gasteiger charge is -2.20. The fraction of sp³-hybridized carbons (Fsp3) is 0.200. The van der Waals surface area contributed by atoms with E-state index in [9.17, 15) is 9.18 Å². The third-order valence-corrected chi connectivity index (χ3v) is 3.01. The fourth-order valence-corrected chi connectivity index (χ4v) is 2.10. The number of aromatic carboxylic acids is 1. The first-order valence-electron chi connectivity index (χ1n) is 6.10. The van der Waals surface area contributed by atoms with Crippen LogP contribution in [0, 0.1) is 19.7 Å². The molecule has 0 unspecified atom stereocenters. The number of nitrogens with zero attached hydrogens (tertiary/aromatic N) is 2. The Labute approximate surface area is 116 Å². The molecule has 2 rings (SSSR count). The molecule has 1 heterocycles. The number of halogens is 1. The molecule has 0 fully saturated rings. The van der Waals surface area contributed by atoms with Crippen LogP contribution in [-0.4, -0.2) is 23.1 Å². The zero-order valence-corrected chi connectivity index (χ0v) is 11.5. The minimum Gasteiger partial charge on any atom is -0.478 e. The average Bonchev–Trinajstić information content (AvgIpc) is 2.36. The molecule has 104 valence electrons. The minimum absolute atomic E-state index is 0.00472. The summed E-state index contributed by atoms with van der Waals surface area (Å²) in [5, 5.41) is 8.94. The van der Waals surface area contributed by atoms with E-state index in [1.165, 1.54) is 6.20 Å². The van der Waals surface area contributed by atoms with Crippen LogP contribution in [0.4, 0.5) is 15.9 Å². The molecule has 2 aromatic rings. The molecule has 0 aliphatic carbocycles. The second kappa shape index (κ2) is 5.28. The van der Waals surface area contributed by atoms with Crippen molar-refractivity contribution in [3.05, 3.63) is 53.0 Å². The van der Waals surface area contributed by atoms with E-state index < -0.39 is 11.8 Å². The summed E-state index contributed by atoms with van der Waals surface area (Å²) < 4.78 is 14.2. The van der Waals surface area contributed by atoms with E-state index in [2.05, 4.69) is 4.98 Å². The molecule has 1 aromatic carbocycles. The minimum atomic E-state index is -1.31. The molecule has 0 saturated carbocycles. The zero-order valence-electron chi connectivity index (χ0n) is 11.5. The van der Waals surface area contributed by atoms with E-state index in [0.29, 0.717) is 0 Å². The predicted octanol–water partition coefficient (Wildman–Crippen LogP) is 3.30. The summed E-state index contributed by atoms with van der Waals surface area (Å²) in [5.41, 5.74) is 2.46. The lowest BCUT2D eigenvalue weighted by molar-refractivity contribution is 0.0692. The fourth-order valence-electron chi connectivity index (χ4n) is 2.10. The van der Waals surface area contributed by atoms with E-state index >= 15 is 0 Å². The van der Waals surface area contributed by atoms with Crippen LogP contribution in [0.25, 0.3) is 0 Å². The van der Waals surface area contributed by atoms with Gasteiger partial charge in [-0.2, -0.15) is 0 Å². The Hall–Kier alpha value is -2.43. The van der Waals surface area contributed by atoms with Gasteiger partial charge in [0.2, 0.25) is 0 Å². The number of anilines is 2. The maximum absolute atomic E-state index is 14.2. The van der Waals surface area contributed by atoms with Crippen LogP contribution >= 0.6 is 0 Å². The summed E-state index contributed by atoms with van der Waals surface area (Å²) in [5.74, 6) is -2.14. The molecule has 4 nitrogen and oxygen atoms in total. The van der Waals surface area contributed by atoms with E-state index in [1.54, 1.807) is 11.9 Å². The lowest BCUT2D eigenvalue weighted by atomic mass is 10.1. The van der Waals surface area contributed by atoms with Crippen LogP contribution < -0.4 is 4.90 Å². The third-order valence-electron chi connectivity index (χ3n) is 3.01. The van der Waals surface area contributed by atoms with Gasteiger partial charge in [0, 0.05) is 18.9 Å². The van der Waals surface area contributed by atoms with Gasteiger partial charge in [-0.1, -0.05) is 6.07 Å². The van der Waals surface area contributed by atoms with Crippen molar-refractivity contribution in [1.29, 1.82) is 0 Å². The monoisotopic (exact) mass is 274 g/mol. The van der Waals surface area contributed by atoms with Crippen LogP contribution in [-0.2, 0) is 0 Å². The Balaban J connectivity index is 2.50. The van der Waals surface area contributed by atoms with Gasteiger partial charge in [-0.25, -0.2) is 14.2 Å². The normalized spacial score (nSPS) is 10.4. The van der Waals surface area contributed by atoms with Gasteiger partial charge in [0.1, 0.15) is 5.56 Å². The number of rotatable bonds is 3. The summed E-state index contributed by atoms with van der Waals surface area (Å²) in [6.07, 6.45) is 1.29. The highest BCUT2D eigenvalue weighted by atomic mass is 19.1. The second-order valence-electron chi connectivity index (χ2n) is 4.71. The largest absolute Gasteiger partial charge is 0.478 e. The van der Waals surface area contributed by atoms with Gasteiger partial charge in [-0.05, 0) is 43.2 Å². The first-order valence-corrected chi connectivity index (χ1v) is 6.10. The molecular weight excluding hydrogens is 259 g/mol. The zero-order chi connectivity index (χ0) is 14.9. The van der Waals surface area contributed by atoms with Gasteiger partial charge in [-0.15, -0.1) is 0 Å². The predicted molar refractivity (Wildman–Crippen MR) is 75.1 cm³/mol. The van der Waals surface area contributed by atoms with E-state index in [1.807, 2.05) is 32.0 Å². The topological polar surface area (TPSA) is 53.4 Å². The van der Waals surface area contributed by atoms with E-state index in [-0.39, 0.29) is 11.4 Å². The van der Waals surface area contributed by atoms with Crippen molar-refractivity contribution in [2.45, 2.75) is 13.8 Å². The summed E-state index contributed by atoms with van der Waals surface area (Å²) in [4.78, 5) is 16.4. The molecule has 0 atom stereocenters. The van der Waals surface area contributed by atoms with Crippen molar-refractivity contribution in [3.8, 4) is 0 Å². The first kappa shape index (κ1) is 14.0. The molecule has 0 saturated heterocycles. The summed E-state index contributed by atoms with van der Waals surface area (Å²) in [7, 11) is 1.66. The molecule has 20 heavy (non-hydrogen) atoms. The molecule has 1 N–H and O–H groups in total. The molecule has 0 bridgehead atoms. The number of hydrogen-bond donors (Lipinski definition) is 1. The average molecular weight is 274 g/mol. The number of carboxylic acid groups (broad SMARTS) is 1. The number of carboxylic acids is 1. The highest BCUT2D eigenvalue weighted by molar-refractivity contribution is 5.89. The van der Waals surface area contributed by atoms with Crippen molar-refractivity contribution in [2.24, 2.45) is 0 Å². The quantitative estimate of drug-likeness (QED) is 0.933. The number of benzene rings is 1. The Kier molecular flexibility index (Phi) is 3.70. The van der Waals surface area contributed by atoms with Crippen molar-refractivity contribution in [3.63, 3.8) is 0 Å². The van der Waals surface area contributed by atoms with Gasteiger partial charge in [0.15, 0.2) is 11.6 Å². The molecule has 0 aliphatic heterocycles. The standard InChI is InChI=1S/C15H15FN2O2/c1-9-6-10(2)8-11(7-9)18(3)14-13(16)12(15(19)20)4-5-17-14/h4-8H,1-3H3,(H,19,20). The van der Waals surface area contributed by atoms with Crippen molar-refractivity contribution in [1.82, 2.24) is 4.98 Å². The van der Waals surface area contributed by atoms with Crippen LogP contribution in [0.2, 0.25) is 0 Å². The second-order valence-corrected chi connectivity index (χ2v) is 4.71. The van der Waals surface area contributed by atoms with Gasteiger partial charge in [0.25, 0.3) is 0 Å². The highest BCUT2D eigenvalue weighted by Gasteiger charge is 2.18. The van der Waals surface area contributed by atoms with Crippen molar-refractivity contribution in [2.75, 3.05) is 11.9 Å². The van der Waals surface area contributed by atoms with Gasteiger partial charge in [0.05, 0.1) is 0 Å². The van der Waals surface area contributed by atoms with E-state index in [4.69, 9.17) is 5.11 Å². The van der Waals surface area contributed by atoms with Crippen molar-refractivity contribution >= 4 is 17.5 Å². The molecule has 0 aliphatic rings. The molecule has 5 heteroatoms. The number of aromatic nitrogens is 1. The first-order chi connectivity index (χ1) is 9.40. The maximum Gasteiger partial charge on any atom is 0.338 e. The van der Waals surface area contributed by atoms with E-state index in [0.717, 1.165) is 22.9 Å². The Morgan fingerprint density at radius 2 is 1.85 bits per heavy atom. The highest BCUT2D eigenvalue weighted by Crippen LogP contribution is 2.27. The SMILES string of the molecule is Cc1cc(C)cc(N(C)c2nccc(C(=O)O)c2F)c1. The number of carbonyl (C=O) groups is 1. The molecule has 1 aromatic heterocycles. The number of pyridine rings is 1. The third kappa shape index (κ3) is 2.61. The van der Waals surface area contributed by atoms with Crippen molar-refractivity contribution < 1.29 is 14.3 Å². The number of aryl methyl sites for hydroxylation is 2. The van der Waals surface area contributed by atoms with Gasteiger partial charge < -0.3 is 10.0 Å². The maximum atomic E-state index is 14.2. The Bertz CT molecular complexity index is 651. The number of hydrogen-bond acceptors (Lipinski definition) is 3. The van der Waals surface area contributed by atoms with Gasteiger partial charge in [-0.3, -0.25) is 0 Å². The van der Waals surface area contributed by atoms with Crippen LogP contribution in [0.1, 0.15) is 21.5 Å². The van der Waals surface area contributed by atoms with Crippen LogP contribution in [0.15, 0.2) is 30.5 Å². The smallest absolute Gasteiger partial charge is 0.338 e. The van der Waals surface area contributed by atoms with Crippen LogP contribution in [0.5, 0.6) is 0 Å². The van der Waals surface area contributed by atoms with Crippen LogP contribution in [0.3, 0.4) is 0 Å². The Morgan fingerprint density at radius 3 is 2.40 bits per heavy atom. The molecular formula is C15H15FN2O2. The molecule has 0 spiro atoms. The van der Waals surface area contributed by atoms with Gasteiger partial charge >= 0.3 is 5.97 Å². The Morgan fingerprint density at radius 1 is 1.25 bits per heavy atom. The molecule has 0 amide bonds. The molecule has 0 radical (unpaired) electrons. The summed E-state index contributed by atoms with van der Waals surface area (Å²) in [6, 6.07) is 6.94. The summed E-state index contributed by atoms with van der Waals surface area (Å²) in [6.45, 7) is 3.89. The lowest BCUT2D eigenvalue weighted by Crippen LogP contribution is -2.15.